The summed E-state index contributed by atoms with van der Waals surface area (Å²) < 4.78 is 6.39. The van der Waals surface area contributed by atoms with Crippen LogP contribution in [0, 0.1) is 20.8 Å². The Labute approximate surface area is 124 Å². The lowest BCUT2D eigenvalue weighted by atomic mass is 10.00. The van der Waals surface area contributed by atoms with Gasteiger partial charge in [0.1, 0.15) is 17.2 Å². The van der Waals surface area contributed by atoms with Crippen LogP contribution in [-0.4, -0.2) is 15.8 Å². The van der Waals surface area contributed by atoms with Crippen molar-refractivity contribution in [3.05, 3.63) is 51.1 Å². The minimum absolute atomic E-state index is 0.0389. The largest absolute Gasteiger partial charge is 0.466 e. The number of hydrogen-bond donors (Lipinski definition) is 1. The van der Waals surface area contributed by atoms with Crippen molar-refractivity contribution in [2.45, 2.75) is 20.8 Å². The number of fused-ring (bicyclic) bond motifs is 1. The Morgan fingerprint density at radius 2 is 2.05 bits per heavy atom. The summed E-state index contributed by atoms with van der Waals surface area (Å²) in [4.78, 5) is 20.0. The number of ketones is 1. The highest BCUT2D eigenvalue weighted by atomic mass is 79.9. The van der Waals surface area contributed by atoms with E-state index in [1.165, 1.54) is 0 Å². The number of aromatic nitrogens is 2. The second kappa shape index (κ2) is 4.59. The molecular weight excluding hydrogens is 320 g/mol. The van der Waals surface area contributed by atoms with E-state index in [-0.39, 0.29) is 5.78 Å². The number of hydrogen-bond acceptors (Lipinski definition) is 3. The normalized spacial score (nSPS) is 11.2. The number of rotatable bonds is 2. The highest BCUT2D eigenvalue weighted by Crippen LogP contribution is 2.27. The van der Waals surface area contributed by atoms with Gasteiger partial charge in [-0.1, -0.05) is 0 Å². The number of aromatic amines is 1. The third-order valence-electron chi connectivity index (χ3n) is 3.53. The molecule has 0 spiro atoms. The SMILES string of the molecule is Cc1oc(C)c(C(=O)c2c[nH]c3ncc(Br)cc23)c1C. The van der Waals surface area contributed by atoms with Crippen molar-refractivity contribution in [2.75, 3.05) is 0 Å². The van der Waals surface area contributed by atoms with Gasteiger partial charge in [0.2, 0.25) is 0 Å². The first kappa shape index (κ1) is 13.1. The Kier molecular flexibility index (Phi) is 3.01. The van der Waals surface area contributed by atoms with E-state index in [2.05, 4.69) is 25.9 Å². The number of furan rings is 1. The average Bonchev–Trinajstić information content (AvgIpc) is 2.91. The number of carbonyl (C=O) groups excluding carboxylic acids is 1. The van der Waals surface area contributed by atoms with Crippen LogP contribution in [0.5, 0.6) is 0 Å². The minimum Gasteiger partial charge on any atom is -0.466 e. The number of carbonyl (C=O) groups is 1. The minimum atomic E-state index is -0.0389. The number of aryl methyl sites for hydroxylation is 2. The van der Waals surface area contributed by atoms with Gasteiger partial charge in [-0.05, 0) is 42.8 Å². The molecule has 4 nitrogen and oxygen atoms in total. The van der Waals surface area contributed by atoms with Crippen molar-refractivity contribution >= 4 is 32.7 Å². The molecule has 3 rings (SSSR count). The third kappa shape index (κ3) is 1.89. The van der Waals surface area contributed by atoms with Crippen molar-refractivity contribution in [1.29, 1.82) is 0 Å². The Balaban J connectivity index is 2.20. The van der Waals surface area contributed by atoms with E-state index in [9.17, 15) is 4.79 Å². The molecule has 0 saturated carbocycles. The molecule has 0 unspecified atom stereocenters. The first-order valence-corrected chi connectivity index (χ1v) is 7.02. The van der Waals surface area contributed by atoms with Gasteiger partial charge in [0, 0.05) is 33.4 Å². The van der Waals surface area contributed by atoms with Crippen molar-refractivity contribution in [3.8, 4) is 0 Å². The average molecular weight is 333 g/mol. The molecule has 5 heteroatoms. The molecule has 3 aromatic rings. The van der Waals surface area contributed by atoms with Crippen LogP contribution in [0.2, 0.25) is 0 Å². The molecule has 0 aliphatic heterocycles. The van der Waals surface area contributed by atoms with Crippen LogP contribution in [0.15, 0.2) is 27.3 Å². The summed E-state index contributed by atoms with van der Waals surface area (Å²) in [6.45, 7) is 5.59. The van der Waals surface area contributed by atoms with Crippen LogP contribution in [0.1, 0.15) is 33.0 Å². The van der Waals surface area contributed by atoms with E-state index in [1.807, 2.05) is 26.8 Å². The topological polar surface area (TPSA) is 58.9 Å². The highest BCUT2D eigenvalue weighted by Gasteiger charge is 2.22. The fourth-order valence-corrected chi connectivity index (χ4v) is 2.76. The van der Waals surface area contributed by atoms with E-state index in [0.29, 0.717) is 22.5 Å². The standard InChI is InChI=1S/C15H13BrN2O2/c1-7-8(2)20-9(3)13(7)14(19)12-6-18-15-11(12)4-10(16)5-17-15/h4-6H,1-3H3,(H,17,18). The number of nitrogens with zero attached hydrogens (tertiary/aromatic N) is 1. The van der Waals surface area contributed by atoms with Crippen LogP contribution in [-0.2, 0) is 0 Å². The maximum absolute atomic E-state index is 12.8. The summed E-state index contributed by atoms with van der Waals surface area (Å²) in [7, 11) is 0. The van der Waals surface area contributed by atoms with Gasteiger partial charge < -0.3 is 9.40 Å². The fraction of sp³-hybridized carbons (Fsp3) is 0.200. The lowest BCUT2D eigenvalue weighted by molar-refractivity contribution is 0.103. The zero-order valence-electron chi connectivity index (χ0n) is 11.4. The summed E-state index contributed by atoms with van der Waals surface area (Å²) >= 11 is 3.38. The molecule has 0 aliphatic carbocycles. The number of nitrogens with one attached hydrogen (secondary N) is 1. The third-order valence-corrected chi connectivity index (χ3v) is 3.96. The van der Waals surface area contributed by atoms with E-state index < -0.39 is 0 Å². The van der Waals surface area contributed by atoms with Crippen LogP contribution in [0.25, 0.3) is 11.0 Å². The van der Waals surface area contributed by atoms with Crippen molar-refractivity contribution in [3.63, 3.8) is 0 Å². The smallest absolute Gasteiger partial charge is 0.199 e. The predicted molar refractivity (Wildman–Crippen MR) is 80.1 cm³/mol. The Morgan fingerprint density at radius 1 is 1.30 bits per heavy atom. The van der Waals surface area contributed by atoms with E-state index in [0.717, 1.165) is 21.2 Å². The van der Waals surface area contributed by atoms with Crippen LogP contribution in [0.4, 0.5) is 0 Å². The second-order valence-corrected chi connectivity index (χ2v) is 5.71. The van der Waals surface area contributed by atoms with E-state index in [4.69, 9.17) is 4.42 Å². The van der Waals surface area contributed by atoms with Crippen LogP contribution in [0.3, 0.4) is 0 Å². The van der Waals surface area contributed by atoms with E-state index >= 15 is 0 Å². The molecular formula is C15H13BrN2O2. The van der Waals surface area contributed by atoms with Gasteiger partial charge in [0.25, 0.3) is 0 Å². The van der Waals surface area contributed by atoms with Crippen LogP contribution >= 0.6 is 15.9 Å². The van der Waals surface area contributed by atoms with Crippen molar-refractivity contribution in [2.24, 2.45) is 0 Å². The summed E-state index contributed by atoms with van der Waals surface area (Å²) in [6.07, 6.45) is 3.40. The van der Waals surface area contributed by atoms with E-state index in [1.54, 1.807) is 12.4 Å². The summed E-state index contributed by atoms with van der Waals surface area (Å²) in [5.74, 6) is 1.40. The van der Waals surface area contributed by atoms with Gasteiger partial charge in [0.05, 0.1) is 5.56 Å². The number of pyridine rings is 1. The Morgan fingerprint density at radius 3 is 2.70 bits per heavy atom. The molecule has 0 atom stereocenters. The number of halogens is 1. The number of H-pyrrole nitrogens is 1. The second-order valence-electron chi connectivity index (χ2n) is 4.80. The zero-order valence-corrected chi connectivity index (χ0v) is 13.0. The molecule has 0 radical (unpaired) electrons. The van der Waals surface area contributed by atoms with Crippen molar-refractivity contribution in [1.82, 2.24) is 9.97 Å². The molecule has 0 fully saturated rings. The zero-order chi connectivity index (χ0) is 14.4. The first-order chi connectivity index (χ1) is 9.49. The maximum atomic E-state index is 12.8. The van der Waals surface area contributed by atoms with Gasteiger partial charge in [-0.3, -0.25) is 4.79 Å². The van der Waals surface area contributed by atoms with Gasteiger partial charge in [-0.25, -0.2) is 4.98 Å². The quantitative estimate of drug-likeness (QED) is 0.719. The molecule has 20 heavy (non-hydrogen) atoms. The van der Waals surface area contributed by atoms with Crippen molar-refractivity contribution < 1.29 is 9.21 Å². The highest BCUT2D eigenvalue weighted by molar-refractivity contribution is 9.10. The molecule has 0 aliphatic rings. The molecule has 0 bridgehead atoms. The summed E-state index contributed by atoms with van der Waals surface area (Å²) in [5.41, 5.74) is 2.85. The fourth-order valence-electron chi connectivity index (χ4n) is 2.43. The Bertz CT molecular complexity index is 830. The molecule has 3 heterocycles. The van der Waals surface area contributed by atoms with Crippen LogP contribution < -0.4 is 0 Å². The maximum Gasteiger partial charge on any atom is 0.199 e. The molecule has 0 aromatic carbocycles. The lowest BCUT2D eigenvalue weighted by Gasteiger charge is -2.00. The van der Waals surface area contributed by atoms with Gasteiger partial charge in [0.15, 0.2) is 5.78 Å². The first-order valence-electron chi connectivity index (χ1n) is 6.23. The summed E-state index contributed by atoms with van der Waals surface area (Å²) in [6, 6.07) is 1.89. The van der Waals surface area contributed by atoms with Gasteiger partial charge in [-0.2, -0.15) is 0 Å². The monoisotopic (exact) mass is 332 g/mol. The lowest BCUT2D eigenvalue weighted by Crippen LogP contribution is -2.03. The Hall–Kier alpha value is -1.88. The van der Waals surface area contributed by atoms with Gasteiger partial charge >= 0.3 is 0 Å². The van der Waals surface area contributed by atoms with Gasteiger partial charge in [-0.15, -0.1) is 0 Å². The molecule has 0 saturated heterocycles. The molecule has 1 N–H and O–H groups in total. The summed E-state index contributed by atoms with van der Waals surface area (Å²) in [5, 5.41) is 0.807. The molecule has 3 aromatic heterocycles. The molecule has 102 valence electrons. The molecule has 0 amide bonds. The predicted octanol–water partition coefficient (Wildman–Crippen LogP) is 4.07.